The molecule has 3 nitrogen and oxygen atoms in total. The largest absolute Gasteiger partial charge is 0.508 e. The zero-order valence-electron chi connectivity index (χ0n) is 10.1. The molecule has 0 amide bonds. The number of ketones is 1. The zero-order valence-corrected chi connectivity index (χ0v) is 10.1. The smallest absolute Gasteiger partial charge is 0.163 e. The second-order valence-electron chi connectivity index (χ2n) is 4.01. The van der Waals surface area contributed by atoms with E-state index in [0.29, 0.717) is 17.9 Å². The molecule has 2 rings (SSSR count). The highest BCUT2D eigenvalue weighted by molar-refractivity contribution is 5.96. The predicted octanol–water partition coefficient (Wildman–Crippen LogP) is 3.17. The third kappa shape index (κ3) is 2.88. The highest BCUT2D eigenvalue weighted by Crippen LogP contribution is 2.20. The molecular formula is C15H14O3. The van der Waals surface area contributed by atoms with Gasteiger partial charge in [0.05, 0.1) is 5.56 Å². The number of phenols is 1. The molecule has 0 bridgehead atoms. The number of ether oxygens (including phenoxy) is 1. The van der Waals surface area contributed by atoms with Crippen molar-refractivity contribution < 1.29 is 14.6 Å². The number of carbonyl (C=O) groups excluding carboxylic acids is 1. The van der Waals surface area contributed by atoms with Gasteiger partial charge >= 0.3 is 0 Å². The van der Waals surface area contributed by atoms with Gasteiger partial charge in [0.25, 0.3) is 0 Å². The van der Waals surface area contributed by atoms with E-state index in [4.69, 9.17) is 4.74 Å². The van der Waals surface area contributed by atoms with Crippen LogP contribution in [0.5, 0.6) is 11.5 Å². The van der Waals surface area contributed by atoms with Crippen molar-refractivity contribution in [1.29, 1.82) is 0 Å². The lowest BCUT2D eigenvalue weighted by Crippen LogP contribution is -2.01. The highest BCUT2D eigenvalue weighted by atomic mass is 16.5. The molecule has 0 atom stereocenters. The Morgan fingerprint density at radius 2 is 1.78 bits per heavy atom. The summed E-state index contributed by atoms with van der Waals surface area (Å²) in [6.07, 6.45) is 0. The lowest BCUT2D eigenvalue weighted by molar-refractivity contribution is 0.101. The molecule has 1 N–H and O–H groups in total. The number of aromatic hydroxyl groups is 1. The van der Waals surface area contributed by atoms with Gasteiger partial charge in [-0.25, -0.2) is 0 Å². The van der Waals surface area contributed by atoms with Crippen LogP contribution in [0.3, 0.4) is 0 Å². The van der Waals surface area contributed by atoms with E-state index >= 15 is 0 Å². The molecule has 2 aromatic rings. The number of Topliss-reactive ketones (excluding diaryl/α,β-unsaturated/α-hetero) is 1. The van der Waals surface area contributed by atoms with E-state index in [2.05, 4.69) is 0 Å². The number of rotatable bonds is 4. The minimum absolute atomic E-state index is 0.0173. The molecule has 0 aliphatic heterocycles. The Labute approximate surface area is 106 Å². The van der Waals surface area contributed by atoms with Crippen LogP contribution in [0.25, 0.3) is 0 Å². The summed E-state index contributed by atoms with van der Waals surface area (Å²) in [5.74, 6) is 0.789. The van der Waals surface area contributed by atoms with E-state index < -0.39 is 0 Å². The molecule has 0 spiro atoms. The molecule has 0 radical (unpaired) electrons. The number of benzene rings is 2. The second-order valence-corrected chi connectivity index (χ2v) is 4.01. The van der Waals surface area contributed by atoms with E-state index in [1.54, 1.807) is 36.4 Å². The molecule has 0 unspecified atom stereocenters. The van der Waals surface area contributed by atoms with E-state index in [9.17, 15) is 9.90 Å². The van der Waals surface area contributed by atoms with Gasteiger partial charge in [0, 0.05) is 0 Å². The van der Waals surface area contributed by atoms with Crippen molar-refractivity contribution in [2.45, 2.75) is 13.5 Å². The Morgan fingerprint density at radius 1 is 1.11 bits per heavy atom. The van der Waals surface area contributed by atoms with Crippen molar-refractivity contribution in [2.24, 2.45) is 0 Å². The van der Waals surface area contributed by atoms with Crippen LogP contribution in [0.4, 0.5) is 0 Å². The van der Waals surface area contributed by atoms with Crippen LogP contribution in [-0.4, -0.2) is 10.9 Å². The average molecular weight is 242 g/mol. The van der Waals surface area contributed by atoms with Crippen molar-refractivity contribution in [1.82, 2.24) is 0 Å². The Bertz CT molecular complexity index is 544. The summed E-state index contributed by atoms with van der Waals surface area (Å²) in [6, 6.07) is 13.9. The van der Waals surface area contributed by atoms with Crippen LogP contribution >= 0.6 is 0 Å². The van der Waals surface area contributed by atoms with Crippen LogP contribution in [0.1, 0.15) is 22.8 Å². The zero-order chi connectivity index (χ0) is 13.0. The first-order chi connectivity index (χ1) is 8.66. The fraction of sp³-hybridized carbons (Fsp3) is 0.133. The number of phenolic OH excluding ortho intramolecular Hbond substituents is 1. The Hall–Kier alpha value is -2.29. The van der Waals surface area contributed by atoms with E-state index in [1.807, 2.05) is 12.1 Å². The predicted molar refractivity (Wildman–Crippen MR) is 68.9 cm³/mol. The topological polar surface area (TPSA) is 46.5 Å². The monoisotopic (exact) mass is 242 g/mol. The fourth-order valence-corrected chi connectivity index (χ4v) is 1.64. The van der Waals surface area contributed by atoms with Crippen LogP contribution in [0.2, 0.25) is 0 Å². The van der Waals surface area contributed by atoms with Gasteiger partial charge in [-0.15, -0.1) is 0 Å². The van der Waals surface area contributed by atoms with Crippen molar-refractivity contribution in [3.05, 3.63) is 59.7 Å². The van der Waals surface area contributed by atoms with Gasteiger partial charge < -0.3 is 9.84 Å². The summed E-state index contributed by atoms with van der Waals surface area (Å²) in [5.41, 5.74) is 1.52. The summed E-state index contributed by atoms with van der Waals surface area (Å²) in [5, 5.41) is 9.17. The van der Waals surface area contributed by atoms with Crippen molar-refractivity contribution in [3.63, 3.8) is 0 Å². The Balaban J connectivity index is 2.10. The van der Waals surface area contributed by atoms with E-state index in [0.717, 1.165) is 5.56 Å². The van der Waals surface area contributed by atoms with Crippen molar-refractivity contribution in [3.8, 4) is 11.5 Å². The molecule has 0 saturated heterocycles. The van der Waals surface area contributed by atoms with E-state index in [1.165, 1.54) is 6.92 Å². The molecule has 0 aliphatic rings. The molecule has 0 heterocycles. The maximum absolute atomic E-state index is 11.4. The average Bonchev–Trinajstić information content (AvgIpc) is 2.38. The third-order valence-electron chi connectivity index (χ3n) is 2.60. The molecule has 3 heteroatoms. The van der Waals surface area contributed by atoms with Crippen molar-refractivity contribution in [2.75, 3.05) is 0 Å². The molecule has 18 heavy (non-hydrogen) atoms. The molecule has 0 fully saturated rings. The van der Waals surface area contributed by atoms with Gasteiger partial charge in [0.1, 0.15) is 18.1 Å². The van der Waals surface area contributed by atoms with Gasteiger partial charge in [0.15, 0.2) is 5.78 Å². The number of carbonyl (C=O) groups is 1. The first-order valence-corrected chi connectivity index (χ1v) is 5.67. The summed E-state index contributed by atoms with van der Waals surface area (Å²) in [7, 11) is 0. The minimum atomic E-state index is -0.0173. The standard InChI is InChI=1S/C15H14O3/c1-11(16)14-4-2-3-5-15(14)18-10-12-6-8-13(17)9-7-12/h2-9,17H,10H2,1H3. The van der Waals surface area contributed by atoms with Crippen LogP contribution in [-0.2, 0) is 6.61 Å². The van der Waals surface area contributed by atoms with Crippen molar-refractivity contribution >= 4 is 5.78 Å². The maximum Gasteiger partial charge on any atom is 0.163 e. The van der Waals surface area contributed by atoms with Gasteiger partial charge in [0.2, 0.25) is 0 Å². The van der Waals surface area contributed by atoms with Gasteiger partial charge in [-0.3, -0.25) is 4.79 Å². The maximum atomic E-state index is 11.4. The minimum Gasteiger partial charge on any atom is -0.508 e. The number of hydrogen-bond acceptors (Lipinski definition) is 3. The summed E-state index contributed by atoms with van der Waals surface area (Å²) >= 11 is 0. The first kappa shape index (κ1) is 12.2. The van der Waals surface area contributed by atoms with Gasteiger partial charge in [-0.2, -0.15) is 0 Å². The number of hydrogen-bond donors (Lipinski definition) is 1. The summed E-state index contributed by atoms with van der Waals surface area (Å²) in [6.45, 7) is 1.88. The molecule has 0 aliphatic carbocycles. The molecule has 0 saturated carbocycles. The van der Waals surface area contributed by atoms with Crippen LogP contribution in [0, 0.1) is 0 Å². The fourth-order valence-electron chi connectivity index (χ4n) is 1.64. The molecule has 0 aromatic heterocycles. The lowest BCUT2D eigenvalue weighted by atomic mass is 10.1. The molecule has 2 aromatic carbocycles. The second kappa shape index (κ2) is 5.36. The summed E-state index contributed by atoms with van der Waals surface area (Å²) in [4.78, 5) is 11.4. The lowest BCUT2D eigenvalue weighted by Gasteiger charge is -2.09. The summed E-state index contributed by atoms with van der Waals surface area (Å²) < 4.78 is 5.62. The molecular weight excluding hydrogens is 228 g/mol. The third-order valence-corrected chi connectivity index (χ3v) is 2.60. The van der Waals surface area contributed by atoms with Gasteiger partial charge in [-0.1, -0.05) is 24.3 Å². The van der Waals surface area contributed by atoms with Gasteiger partial charge in [-0.05, 0) is 36.8 Å². The first-order valence-electron chi connectivity index (χ1n) is 5.67. The van der Waals surface area contributed by atoms with E-state index in [-0.39, 0.29) is 11.5 Å². The van der Waals surface area contributed by atoms with Crippen LogP contribution in [0.15, 0.2) is 48.5 Å². The number of para-hydroxylation sites is 1. The quantitative estimate of drug-likeness (QED) is 0.837. The Kier molecular flexibility index (Phi) is 3.63. The Morgan fingerprint density at radius 3 is 2.44 bits per heavy atom. The molecule has 92 valence electrons. The SMILES string of the molecule is CC(=O)c1ccccc1OCc1ccc(O)cc1. The van der Waals surface area contributed by atoms with Crippen LogP contribution < -0.4 is 4.74 Å². The normalized spacial score (nSPS) is 10.1. The highest BCUT2D eigenvalue weighted by Gasteiger charge is 2.07.